The molecule has 2 amide bonds. The number of benzene rings is 2. The van der Waals surface area contributed by atoms with E-state index in [1.54, 1.807) is 32.2 Å². The van der Waals surface area contributed by atoms with Crippen molar-refractivity contribution >= 4 is 27.7 Å². The van der Waals surface area contributed by atoms with Crippen LogP contribution in [0.25, 0.3) is 0 Å². The lowest BCUT2D eigenvalue weighted by Gasteiger charge is -2.34. The largest absolute Gasteiger partial charge is 0.497 e. The third-order valence-electron chi connectivity index (χ3n) is 6.53. The van der Waals surface area contributed by atoms with Gasteiger partial charge in [-0.25, -0.2) is 4.31 Å². The molecule has 2 rings (SSSR count). The van der Waals surface area contributed by atoms with Crippen molar-refractivity contribution in [2.24, 2.45) is 0 Å². The number of carbonyl (C=O) groups excluding carboxylic acids is 2. The van der Waals surface area contributed by atoms with Crippen molar-refractivity contribution in [3.63, 3.8) is 0 Å². The Labute approximate surface area is 227 Å². The second kappa shape index (κ2) is 13.6. The predicted molar refractivity (Wildman–Crippen MR) is 151 cm³/mol. The van der Waals surface area contributed by atoms with E-state index in [0.29, 0.717) is 17.9 Å². The second-order valence-electron chi connectivity index (χ2n) is 9.70. The third-order valence-corrected chi connectivity index (χ3v) is 8.33. The lowest BCUT2D eigenvalue weighted by atomic mass is 10.1. The summed E-state index contributed by atoms with van der Waals surface area (Å²) >= 11 is 0. The van der Waals surface area contributed by atoms with E-state index in [1.165, 1.54) is 19.0 Å². The number of ether oxygens (including phenoxy) is 1. The van der Waals surface area contributed by atoms with Crippen LogP contribution in [-0.2, 0) is 26.3 Å². The molecular formula is C28H42N4O5S. The van der Waals surface area contributed by atoms with Crippen molar-refractivity contribution in [1.82, 2.24) is 14.5 Å². The van der Waals surface area contributed by atoms with Crippen molar-refractivity contribution < 1.29 is 22.7 Å². The molecule has 10 heteroatoms. The number of hydrogen-bond donors (Lipinski definition) is 1. The second-order valence-corrected chi connectivity index (χ2v) is 11.8. The Hall–Kier alpha value is -3.11. The van der Waals surface area contributed by atoms with Crippen LogP contribution in [0.4, 0.5) is 5.69 Å². The highest BCUT2D eigenvalue weighted by Gasteiger charge is 2.34. The van der Waals surface area contributed by atoms with Crippen LogP contribution in [0, 0.1) is 13.8 Å². The number of nitrogens with zero attached hydrogens (tertiary/aromatic N) is 3. The first-order chi connectivity index (χ1) is 17.8. The van der Waals surface area contributed by atoms with Gasteiger partial charge in [0.05, 0.1) is 12.8 Å². The van der Waals surface area contributed by atoms with Gasteiger partial charge in [-0.2, -0.15) is 12.7 Å². The lowest BCUT2D eigenvalue weighted by Crippen LogP contribution is -2.54. The van der Waals surface area contributed by atoms with Crippen LogP contribution >= 0.6 is 0 Å². The first kappa shape index (κ1) is 31.1. The molecule has 0 bridgehead atoms. The van der Waals surface area contributed by atoms with E-state index in [2.05, 4.69) is 5.32 Å². The predicted octanol–water partition coefficient (Wildman–Crippen LogP) is 3.65. The summed E-state index contributed by atoms with van der Waals surface area (Å²) in [5.74, 6) is -0.128. The topological polar surface area (TPSA) is 99.3 Å². The quantitative estimate of drug-likeness (QED) is 0.414. The highest BCUT2D eigenvalue weighted by molar-refractivity contribution is 7.90. The molecule has 2 aromatic carbocycles. The molecule has 0 heterocycles. The number of hydrogen-bond acceptors (Lipinski definition) is 5. The van der Waals surface area contributed by atoms with Gasteiger partial charge in [-0.3, -0.25) is 9.59 Å². The number of methoxy groups -OCH3 is 1. The lowest BCUT2D eigenvalue weighted by molar-refractivity contribution is -0.140. The molecule has 2 atom stereocenters. The SMILES string of the molecule is CC[C@@H](C)NC(=O)[C@@H](CC)N(Cc1cccc(OC)c1)C(=O)CN(c1cc(C)ccc1C)S(=O)(=O)N(C)C. The first-order valence-corrected chi connectivity index (χ1v) is 14.3. The Bertz CT molecular complexity index is 1220. The number of amides is 2. The summed E-state index contributed by atoms with van der Waals surface area (Å²) in [6.45, 7) is 9.05. The van der Waals surface area contributed by atoms with Gasteiger partial charge < -0.3 is 15.0 Å². The molecule has 0 aliphatic rings. The molecule has 2 aromatic rings. The Balaban J connectivity index is 2.57. The molecule has 0 saturated heterocycles. The molecular weight excluding hydrogens is 504 g/mol. The van der Waals surface area contributed by atoms with Gasteiger partial charge >= 0.3 is 10.2 Å². The minimum absolute atomic E-state index is 0.0640. The third kappa shape index (κ3) is 7.70. The monoisotopic (exact) mass is 546 g/mol. The number of anilines is 1. The van der Waals surface area contributed by atoms with E-state index >= 15 is 0 Å². The summed E-state index contributed by atoms with van der Waals surface area (Å²) in [4.78, 5) is 28.8. The summed E-state index contributed by atoms with van der Waals surface area (Å²) in [7, 11) is 0.402. The van der Waals surface area contributed by atoms with Gasteiger partial charge in [-0.1, -0.05) is 38.1 Å². The van der Waals surface area contributed by atoms with Gasteiger partial charge in [0.2, 0.25) is 11.8 Å². The van der Waals surface area contributed by atoms with Crippen molar-refractivity contribution in [3.8, 4) is 5.75 Å². The summed E-state index contributed by atoms with van der Waals surface area (Å²) in [6.07, 6.45) is 1.11. The number of aryl methyl sites for hydroxylation is 2. The van der Waals surface area contributed by atoms with Crippen molar-refractivity contribution in [3.05, 3.63) is 59.2 Å². The molecule has 0 unspecified atom stereocenters. The zero-order chi connectivity index (χ0) is 28.6. The van der Waals surface area contributed by atoms with Crippen LogP contribution in [-0.4, -0.2) is 69.3 Å². The summed E-state index contributed by atoms with van der Waals surface area (Å²) in [5.41, 5.74) is 2.77. The average molecular weight is 547 g/mol. The molecule has 0 aromatic heterocycles. The maximum absolute atomic E-state index is 14.0. The Morgan fingerprint density at radius 1 is 1.03 bits per heavy atom. The molecule has 0 aliphatic carbocycles. The van der Waals surface area contributed by atoms with Gasteiger partial charge in [-0.05, 0) is 68.5 Å². The Morgan fingerprint density at radius 3 is 2.29 bits per heavy atom. The van der Waals surface area contributed by atoms with E-state index in [1.807, 2.05) is 52.0 Å². The van der Waals surface area contributed by atoms with Crippen LogP contribution < -0.4 is 14.4 Å². The summed E-state index contributed by atoms with van der Waals surface area (Å²) < 4.78 is 34.4. The van der Waals surface area contributed by atoms with Gasteiger partial charge in [0.1, 0.15) is 18.3 Å². The van der Waals surface area contributed by atoms with Crippen LogP contribution in [0.3, 0.4) is 0 Å². The Morgan fingerprint density at radius 2 is 1.71 bits per heavy atom. The maximum Gasteiger partial charge on any atom is 0.304 e. The van der Waals surface area contributed by atoms with Gasteiger partial charge in [0, 0.05) is 26.7 Å². The average Bonchev–Trinajstić information content (AvgIpc) is 2.88. The molecule has 0 radical (unpaired) electrons. The standard InChI is InChI=1S/C28H42N4O5S/c1-9-22(5)29-28(34)25(10-2)31(18-23-12-11-13-24(17-23)37-8)27(33)19-32(38(35,36)30(6)7)26-16-20(3)14-15-21(26)4/h11-17,22,25H,9-10,18-19H2,1-8H3,(H,29,34)/t22-,25-/m1/s1. The van der Waals surface area contributed by atoms with E-state index in [0.717, 1.165) is 31.7 Å². The van der Waals surface area contributed by atoms with Crippen LogP contribution in [0.15, 0.2) is 42.5 Å². The molecule has 1 N–H and O–H groups in total. The van der Waals surface area contributed by atoms with Crippen LogP contribution in [0.5, 0.6) is 5.75 Å². The Kier molecular flexibility index (Phi) is 11.1. The number of carbonyl (C=O) groups is 2. The van der Waals surface area contributed by atoms with Crippen molar-refractivity contribution in [1.29, 1.82) is 0 Å². The minimum Gasteiger partial charge on any atom is -0.497 e. The molecule has 38 heavy (non-hydrogen) atoms. The molecule has 210 valence electrons. The van der Waals surface area contributed by atoms with Crippen molar-refractivity contribution in [2.45, 2.75) is 66.1 Å². The fourth-order valence-corrected chi connectivity index (χ4v) is 5.13. The minimum atomic E-state index is -4.02. The van der Waals surface area contributed by atoms with Gasteiger partial charge in [-0.15, -0.1) is 0 Å². The van der Waals surface area contributed by atoms with Crippen LogP contribution in [0.1, 0.15) is 50.3 Å². The summed E-state index contributed by atoms with van der Waals surface area (Å²) in [6, 6.07) is 11.9. The normalized spacial score (nSPS) is 13.1. The molecule has 0 spiro atoms. The fraction of sp³-hybridized carbons (Fsp3) is 0.500. The first-order valence-electron chi connectivity index (χ1n) is 12.9. The zero-order valence-corrected chi connectivity index (χ0v) is 24.6. The van der Waals surface area contributed by atoms with Crippen molar-refractivity contribution in [2.75, 3.05) is 32.1 Å². The highest BCUT2D eigenvalue weighted by Crippen LogP contribution is 2.26. The van der Waals surface area contributed by atoms with E-state index in [4.69, 9.17) is 4.74 Å². The number of rotatable bonds is 13. The molecule has 0 fully saturated rings. The van der Waals surface area contributed by atoms with E-state index in [-0.39, 0.29) is 18.5 Å². The highest BCUT2D eigenvalue weighted by atomic mass is 32.2. The fourth-order valence-electron chi connectivity index (χ4n) is 4.02. The van der Waals surface area contributed by atoms with Crippen LogP contribution in [0.2, 0.25) is 0 Å². The van der Waals surface area contributed by atoms with E-state index in [9.17, 15) is 18.0 Å². The van der Waals surface area contributed by atoms with E-state index < -0.39 is 28.7 Å². The smallest absolute Gasteiger partial charge is 0.304 e. The zero-order valence-electron chi connectivity index (χ0n) is 23.8. The molecule has 0 saturated carbocycles. The van der Waals surface area contributed by atoms with Gasteiger partial charge in [0.25, 0.3) is 0 Å². The number of nitrogens with one attached hydrogen (secondary N) is 1. The molecule has 0 aliphatic heterocycles. The summed E-state index contributed by atoms with van der Waals surface area (Å²) in [5, 5.41) is 2.98. The maximum atomic E-state index is 14.0. The van der Waals surface area contributed by atoms with Gasteiger partial charge in [0.15, 0.2) is 0 Å². The molecule has 9 nitrogen and oxygen atoms in total.